The van der Waals surface area contributed by atoms with E-state index in [1.165, 1.54) is 18.4 Å². The third kappa shape index (κ3) is 9.14. The highest BCUT2D eigenvalue weighted by Gasteiger charge is 2.52. The minimum atomic E-state index is -3.72. The summed E-state index contributed by atoms with van der Waals surface area (Å²) in [6, 6.07) is 85.4. The molecule has 0 unspecified atom stereocenters. The van der Waals surface area contributed by atoms with E-state index >= 15 is 4.79 Å². The first-order chi connectivity index (χ1) is 39.5. The lowest BCUT2D eigenvalue weighted by atomic mass is 9.73. The maximum Gasteiger partial charge on any atom is 0.242 e. The topological polar surface area (TPSA) is 117 Å². The van der Waals surface area contributed by atoms with Gasteiger partial charge < -0.3 is 14.0 Å². The monoisotopic (exact) mass is 1080 g/mol. The molecular weight excluding hydrogens is 1020 g/mol. The lowest BCUT2D eigenvalue weighted by Crippen LogP contribution is -2.43. The molecule has 0 spiro atoms. The minimum absolute atomic E-state index is 0.147. The van der Waals surface area contributed by atoms with Gasteiger partial charge in [0.05, 0.1) is 52.5 Å². The Balaban J connectivity index is 1.06. The quantitative estimate of drug-likeness (QED) is 0.0839. The number of hydrogen-bond acceptors (Lipinski definition) is 6. The highest BCUT2D eigenvalue weighted by atomic mass is 32.2. The lowest BCUT2D eigenvalue weighted by Gasteiger charge is -2.37. The van der Waals surface area contributed by atoms with Gasteiger partial charge in [0.2, 0.25) is 15.9 Å². The van der Waals surface area contributed by atoms with Crippen LogP contribution in [0.5, 0.6) is 0 Å². The molecule has 0 saturated carbocycles. The van der Waals surface area contributed by atoms with Crippen LogP contribution in [0.3, 0.4) is 0 Å². The first kappa shape index (κ1) is 52.0. The number of aromatic nitrogens is 4. The Hall–Kier alpha value is -9.73. The van der Waals surface area contributed by atoms with Crippen molar-refractivity contribution in [2.75, 3.05) is 19.0 Å². The van der Waals surface area contributed by atoms with Crippen LogP contribution in [0, 0.1) is 11.3 Å². The van der Waals surface area contributed by atoms with Crippen molar-refractivity contribution in [3.05, 3.63) is 335 Å². The number of fused-ring (bicyclic) bond motifs is 1. The average molecular weight is 1080 g/mol. The third-order valence-corrected chi connectivity index (χ3v) is 17.8. The summed E-state index contributed by atoms with van der Waals surface area (Å²) in [6.45, 7) is 0.147. The number of carbonyl (C=O) groups excluding carboxylic acids is 1. The summed E-state index contributed by atoms with van der Waals surface area (Å²) >= 11 is 0. The van der Waals surface area contributed by atoms with Gasteiger partial charge >= 0.3 is 0 Å². The number of carbonyl (C=O) groups is 1. The van der Waals surface area contributed by atoms with Gasteiger partial charge in [-0.05, 0) is 86.0 Å². The molecule has 1 aliphatic heterocycles. The summed E-state index contributed by atoms with van der Waals surface area (Å²) in [6.07, 6.45) is 8.39. The van der Waals surface area contributed by atoms with Crippen LogP contribution in [0.4, 0.5) is 5.69 Å². The Morgan fingerprint density at radius 3 is 1.26 bits per heavy atom. The highest BCUT2D eigenvalue weighted by molar-refractivity contribution is 7.89. The van der Waals surface area contributed by atoms with Crippen LogP contribution in [0.1, 0.15) is 61.5 Å². The molecule has 0 aliphatic carbocycles. The molecule has 11 aromatic rings. The van der Waals surface area contributed by atoms with Crippen LogP contribution in [0.15, 0.2) is 279 Å². The molecule has 0 radical (unpaired) electrons. The summed E-state index contributed by atoms with van der Waals surface area (Å²) in [7, 11) is -0.699. The van der Waals surface area contributed by atoms with Gasteiger partial charge in [-0.25, -0.2) is 22.7 Å². The zero-order valence-corrected chi connectivity index (χ0v) is 45.7. The number of sulfonamides is 1. The second kappa shape index (κ2) is 21.5. The first-order valence-electron chi connectivity index (χ1n) is 26.9. The Morgan fingerprint density at radius 1 is 0.506 bits per heavy atom. The van der Waals surface area contributed by atoms with Crippen molar-refractivity contribution < 1.29 is 13.2 Å². The highest BCUT2D eigenvalue weighted by Crippen LogP contribution is 2.50. The van der Waals surface area contributed by atoms with Crippen molar-refractivity contribution in [2.45, 2.75) is 40.8 Å². The molecule has 3 heterocycles. The molecule has 0 saturated heterocycles. The van der Waals surface area contributed by atoms with Crippen molar-refractivity contribution in [1.82, 2.24) is 23.4 Å². The normalized spacial score (nSPS) is 13.3. The molecule has 12 rings (SSSR count). The number of amides is 1. The fourth-order valence-electron chi connectivity index (χ4n) is 12.1. The van der Waals surface area contributed by atoms with E-state index in [9.17, 15) is 13.7 Å². The van der Waals surface area contributed by atoms with Gasteiger partial charge in [0, 0.05) is 45.0 Å². The van der Waals surface area contributed by atoms with Crippen LogP contribution >= 0.6 is 0 Å². The summed E-state index contributed by atoms with van der Waals surface area (Å²) in [5.74, 6) is -0.149. The van der Waals surface area contributed by atoms with Crippen molar-refractivity contribution in [3.8, 4) is 17.2 Å². The standard InChI is InChI=1S/C70H57N7O3S/c1-74(2)81(79,80)64-40-35-53(36-41-64)47-77-66-43-55(54-37-33-52(46-71)34-38-54)39-42-65(66)68(67(77)78,44-62-48-75(50-72-62)69(56-21-9-3-10-22-56,57-23-11-4-12-24-57)58-25-13-5-14-26-58)45-63-49-76(51-73-63)70(59-27-15-6-16-28-59,60-29-17-7-18-30-60)61-31-19-8-20-32-61/h3-43,48-51H,44-45,47H2,1-2H3. The second-order valence-corrected chi connectivity index (χ2v) is 23.0. The van der Waals surface area contributed by atoms with Gasteiger partial charge in [-0.3, -0.25) is 4.79 Å². The van der Waals surface area contributed by atoms with Crippen molar-refractivity contribution in [3.63, 3.8) is 0 Å². The summed E-state index contributed by atoms with van der Waals surface area (Å²) in [5, 5.41) is 9.72. The van der Waals surface area contributed by atoms with Gasteiger partial charge in [-0.15, -0.1) is 0 Å². The lowest BCUT2D eigenvalue weighted by molar-refractivity contribution is -0.123. The fourth-order valence-corrected chi connectivity index (χ4v) is 13.0. The Labute approximate surface area is 473 Å². The third-order valence-electron chi connectivity index (χ3n) is 16.0. The first-order valence-corrected chi connectivity index (χ1v) is 28.4. The van der Waals surface area contributed by atoms with E-state index in [2.05, 4.69) is 191 Å². The Kier molecular flexibility index (Phi) is 13.8. The molecule has 10 nitrogen and oxygen atoms in total. The van der Waals surface area contributed by atoms with Crippen LogP contribution in [-0.2, 0) is 50.7 Å². The predicted octanol–water partition coefficient (Wildman–Crippen LogP) is 12.8. The van der Waals surface area contributed by atoms with Crippen LogP contribution in [-0.4, -0.2) is 51.8 Å². The minimum Gasteiger partial charge on any atom is -0.319 e. The molecule has 1 aliphatic rings. The number of benzene rings is 9. The zero-order valence-electron chi connectivity index (χ0n) is 44.9. The summed E-state index contributed by atoms with van der Waals surface area (Å²) < 4.78 is 32.1. The summed E-state index contributed by atoms with van der Waals surface area (Å²) in [5.41, 5.74) is 9.20. The number of rotatable bonds is 17. The molecular formula is C70H57N7O3S. The molecule has 396 valence electrons. The average Bonchev–Trinajstić information content (AvgIpc) is 4.48. The van der Waals surface area contributed by atoms with Gasteiger partial charge in [0.1, 0.15) is 11.1 Å². The number of nitriles is 1. The van der Waals surface area contributed by atoms with E-state index in [1.807, 2.05) is 66.1 Å². The van der Waals surface area contributed by atoms with E-state index < -0.39 is 26.5 Å². The van der Waals surface area contributed by atoms with Gasteiger partial charge in [-0.1, -0.05) is 218 Å². The van der Waals surface area contributed by atoms with Crippen LogP contribution < -0.4 is 4.90 Å². The molecule has 0 fully saturated rings. The van der Waals surface area contributed by atoms with E-state index in [4.69, 9.17) is 9.97 Å². The second-order valence-electron chi connectivity index (χ2n) is 20.8. The molecule has 11 heteroatoms. The van der Waals surface area contributed by atoms with Crippen molar-refractivity contribution >= 4 is 21.6 Å². The molecule has 0 atom stereocenters. The van der Waals surface area contributed by atoms with E-state index in [0.29, 0.717) is 22.6 Å². The van der Waals surface area contributed by atoms with Gasteiger partial charge in [-0.2, -0.15) is 5.26 Å². The van der Waals surface area contributed by atoms with Crippen molar-refractivity contribution in [2.24, 2.45) is 0 Å². The number of imidazole rings is 2. The maximum atomic E-state index is 16.6. The van der Waals surface area contributed by atoms with Crippen LogP contribution in [0.2, 0.25) is 0 Å². The smallest absolute Gasteiger partial charge is 0.242 e. The maximum absolute atomic E-state index is 16.6. The SMILES string of the molecule is CN(C)S(=O)(=O)c1ccc(CN2C(=O)C(Cc3cn(C(c4ccccc4)(c4ccccc4)c4ccccc4)cn3)(Cc3cn(C(c4ccccc4)(c4ccccc4)c4ccccc4)cn3)c3ccc(-c4ccc(C#N)cc4)cc32)cc1. The molecule has 0 bridgehead atoms. The Bertz CT molecular complexity index is 3790. The van der Waals surface area contributed by atoms with E-state index in [1.54, 1.807) is 36.4 Å². The molecule has 2 aromatic heterocycles. The molecule has 81 heavy (non-hydrogen) atoms. The van der Waals surface area contributed by atoms with Crippen LogP contribution in [0.25, 0.3) is 11.1 Å². The predicted molar refractivity (Wildman–Crippen MR) is 318 cm³/mol. The number of hydrogen-bond donors (Lipinski definition) is 0. The zero-order chi connectivity index (χ0) is 55.6. The van der Waals surface area contributed by atoms with E-state index in [-0.39, 0.29) is 30.2 Å². The van der Waals surface area contributed by atoms with Gasteiger partial charge in [0.25, 0.3) is 0 Å². The molecule has 1 amide bonds. The Morgan fingerprint density at radius 2 is 0.889 bits per heavy atom. The fraction of sp³-hybridized carbons (Fsp3) is 0.114. The van der Waals surface area contributed by atoms with Gasteiger partial charge in [0.15, 0.2) is 0 Å². The van der Waals surface area contributed by atoms with E-state index in [0.717, 1.165) is 55.6 Å². The molecule has 9 aromatic carbocycles. The number of anilines is 1. The summed E-state index contributed by atoms with van der Waals surface area (Å²) in [4.78, 5) is 29.2. The largest absolute Gasteiger partial charge is 0.319 e. The number of nitrogens with zero attached hydrogens (tertiary/aromatic N) is 7. The van der Waals surface area contributed by atoms with Crippen molar-refractivity contribution in [1.29, 1.82) is 5.26 Å². The molecule has 0 N–H and O–H groups in total.